The van der Waals surface area contributed by atoms with Crippen molar-refractivity contribution in [1.82, 2.24) is 19.8 Å². The van der Waals surface area contributed by atoms with E-state index in [-0.39, 0.29) is 6.03 Å². The van der Waals surface area contributed by atoms with Crippen molar-refractivity contribution in [2.75, 3.05) is 19.6 Å². The van der Waals surface area contributed by atoms with E-state index in [9.17, 15) is 4.79 Å². The van der Waals surface area contributed by atoms with Gasteiger partial charge in [0.25, 0.3) is 0 Å². The van der Waals surface area contributed by atoms with Crippen LogP contribution >= 0.6 is 0 Å². The molecule has 2 heterocycles. The zero-order chi connectivity index (χ0) is 15.9. The van der Waals surface area contributed by atoms with Crippen molar-refractivity contribution >= 4 is 6.03 Å². The van der Waals surface area contributed by atoms with Crippen LogP contribution in [0.15, 0.2) is 49.1 Å². The first-order valence-electron chi connectivity index (χ1n) is 8.36. The van der Waals surface area contributed by atoms with E-state index >= 15 is 0 Å². The van der Waals surface area contributed by atoms with Gasteiger partial charge in [-0.25, -0.2) is 9.78 Å². The van der Waals surface area contributed by atoms with E-state index in [1.165, 1.54) is 5.56 Å². The van der Waals surface area contributed by atoms with Crippen molar-refractivity contribution in [2.45, 2.75) is 31.7 Å². The molecule has 1 fully saturated rings. The minimum Gasteiger partial charge on any atom is -0.336 e. The van der Waals surface area contributed by atoms with Gasteiger partial charge >= 0.3 is 6.03 Å². The number of carbonyl (C=O) groups excluding carboxylic acids is 1. The number of carbonyl (C=O) groups is 1. The largest absolute Gasteiger partial charge is 0.336 e. The van der Waals surface area contributed by atoms with Gasteiger partial charge in [0, 0.05) is 38.6 Å². The van der Waals surface area contributed by atoms with E-state index in [0.29, 0.717) is 12.5 Å². The molecule has 1 aromatic heterocycles. The van der Waals surface area contributed by atoms with Crippen LogP contribution in [0.4, 0.5) is 4.79 Å². The summed E-state index contributed by atoms with van der Waals surface area (Å²) in [5, 5.41) is 3.01. The Balaban J connectivity index is 1.46. The normalized spacial score (nSPS) is 18.4. The van der Waals surface area contributed by atoms with Crippen molar-refractivity contribution in [3.8, 4) is 0 Å². The molecule has 0 aliphatic carbocycles. The van der Waals surface area contributed by atoms with Gasteiger partial charge in [-0.2, -0.15) is 0 Å². The highest BCUT2D eigenvalue weighted by Gasteiger charge is 2.21. The number of amides is 2. The molecule has 3 rings (SSSR count). The number of hydrogen-bond donors (Lipinski definition) is 1. The molecule has 1 aromatic carbocycles. The van der Waals surface area contributed by atoms with Gasteiger partial charge in [-0.3, -0.25) is 0 Å². The summed E-state index contributed by atoms with van der Waals surface area (Å²) in [4.78, 5) is 18.3. The van der Waals surface area contributed by atoms with Crippen molar-refractivity contribution in [3.05, 3.63) is 54.6 Å². The molecular weight excluding hydrogens is 288 g/mol. The number of nitrogens with zero attached hydrogens (tertiary/aromatic N) is 3. The second-order valence-electron chi connectivity index (χ2n) is 6.06. The summed E-state index contributed by atoms with van der Waals surface area (Å²) < 4.78 is 1.97. The van der Waals surface area contributed by atoms with Gasteiger partial charge in [0.1, 0.15) is 0 Å². The Kier molecular flexibility index (Phi) is 5.29. The zero-order valence-corrected chi connectivity index (χ0v) is 13.4. The maximum Gasteiger partial charge on any atom is 0.317 e. The Labute approximate surface area is 137 Å². The number of rotatable bonds is 4. The topological polar surface area (TPSA) is 50.2 Å². The third-order valence-corrected chi connectivity index (χ3v) is 4.49. The van der Waals surface area contributed by atoms with Crippen LogP contribution in [0.25, 0.3) is 0 Å². The fourth-order valence-electron chi connectivity index (χ4n) is 3.18. The van der Waals surface area contributed by atoms with Crippen molar-refractivity contribution in [2.24, 2.45) is 0 Å². The predicted octanol–water partition coefficient (Wildman–Crippen LogP) is 2.86. The molecule has 122 valence electrons. The molecule has 0 radical (unpaired) electrons. The summed E-state index contributed by atoms with van der Waals surface area (Å²) in [6, 6.07) is 10.7. The smallest absolute Gasteiger partial charge is 0.317 e. The van der Waals surface area contributed by atoms with E-state index in [1.807, 2.05) is 15.7 Å². The summed E-state index contributed by atoms with van der Waals surface area (Å²) in [6.45, 7) is 3.07. The van der Waals surface area contributed by atoms with Crippen molar-refractivity contribution in [3.63, 3.8) is 0 Å². The molecule has 2 amide bonds. The molecular formula is C18H24N4O. The van der Waals surface area contributed by atoms with Crippen molar-refractivity contribution < 1.29 is 4.79 Å². The molecule has 0 unspecified atom stereocenters. The molecule has 5 nitrogen and oxygen atoms in total. The number of likely N-dealkylation sites (tertiary alicyclic amines) is 1. The summed E-state index contributed by atoms with van der Waals surface area (Å²) >= 11 is 0. The van der Waals surface area contributed by atoms with E-state index in [2.05, 4.69) is 40.6 Å². The number of hydrogen-bond acceptors (Lipinski definition) is 2. The number of nitrogens with one attached hydrogen (secondary N) is 1. The first-order chi connectivity index (χ1) is 11.3. The summed E-state index contributed by atoms with van der Waals surface area (Å²) in [5.74, 6) is 0.569. The lowest BCUT2D eigenvalue weighted by atomic mass is 9.92. The lowest BCUT2D eigenvalue weighted by Crippen LogP contribution is -2.41. The van der Waals surface area contributed by atoms with E-state index in [4.69, 9.17) is 0 Å². The third-order valence-electron chi connectivity index (χ3n) is 4.49. The summed E-state index contributed by atoms with van der Waals surface area (Å²) in [7, 11) is 0. The van der Waals surface area contributed by atoms with Crippen LogP contribution in [0.5, 0.6) is 0 Å². The van der Waals surface area contributed by atoms with Crippen LogP contribution in [0.2, 0.25) is 0 Å². The average Bonchev–Trinajstić information content (AvgIpc) is 2.97. The van der Waals surface area contributed by atoms with Gasteiger partial charge in [0.2, 0.25) is 0 Å². The summed E-state index contributed by atoms with van der Waals surface area (Å²) in [6.07, 6.45) is 8.68. The molecule has 0 saturated carbocycles. The van der Waals surface area contributed by atoms with Crippen LogP contribution in [0, 0.1) is 0 Å². The first-order valence-corrected chi connectivity index (χ1v) is 8.36. The molecule has 23 heavy (non-hydrogen) atoms. The molecule has 2 aromatic rings. The molecule has 1 N–H and O–H groups in total. The van der Waals surface area contributed by atoms with Crippen LogP contribution in [0.1, 0.15) is 30.7 Å². The standard InChI is InChI=1S/C18H24N4O/c23-18(20-10-14-21-13-9-19-15-21)22-11-4-7-17(8-12-22)16-5-2-1-3-6-16/h1-3,5-6,9,13,15,17H,4,7-8,10-12,14H2,(H,20,23)/t17-/m0/s1. The lowest BCUT2D eigenvalue weighted by Gasteiger charge is -2.21. The fraction of sp³-hybridized carbons (Fsp3) is 0.444. The zero-order valence-electron chi connectivity index (χ0n) is 13.4. The molecule has 1 saturated heterocycles. The molecule has 0 bridgehead atoms. The second kappa shape index (κ2) is 7.81. The van der Waals surface area contributed by atoms with Gasteiger partial charge < -0.3 is 14.8 Å². The van der Waals surface area contributed by atoms with Crippen LogP contribution in [-0.4, -0.2) is 40.1 Å². The highest BCUT2D eigenvalue weighted by atomic mass is 16.2. The Hall–Kier alpha value is -2.30. The van der Waals surface area contributed by atoms with Gasteiger partial charge in [-0.05, 0) is 30.7 Å². The quantitative estimate of drug-likeness (QED) is 0.944. The maximum absolute atomic E-state index is 12.3. The van der Waals surface area contributed by atoms with Crippen molar-refractivity contribution in [1.29, 1.82) is 0 Å². The average molecular weight is 312 g/mol. The van der Waals surface area contributed by atoms with E-state index in [1.54, 1.807) is 12.5 Å². The molecule has 5 heteroatoms. The maximum atomic E-state index is 12.3. The number of benzene rings is 1. The first kappa shape index (κ1) is 15.6. The number of imidazole rings is 1. The third kappa shape index (κ3) is 4.34. The lowest BCUT2D eigenvalue weighted by molar-refractivity contribution is 0.199. The molecule has 0 spiro atoms. The van der Waals surface area contributed by atoms with E-state index < -0.39 is 0 Å². The van der Waals surface area contributed by atoms with Gasteiger partial charge in [-0.1, -0.05) is 30.3 Å². The minimum atomic E-state index is 0.0545. The Morgan fingerprint density at radius 1 is 1.22 bits per heavy atom. The minimum absolute atomic E-state index is 0.0545. The van der Waals surface area contributed by atoms with E-state index in [0.717, 1.165) is 38.9 Å². The Morgan fingerprint density at radius 3 is 2.87 bits per heavy atom. The SMILES string of the molecule is O=C(NCCn1ccnc1)N1CCC[C@H](c2ccccc2)CC1. The van der Waals surface area contributed by atoms with Gasteiger partial charge in [0.05, 0.1) is 6.33 Å². The molecule has 1 aliphatic heterocycles. The van der Waals surface area contributed by atoms with Crippen LogP contribution in [0.3, 0.4) is 0 Å². The van der Waals surface area contributed by atoms with Crippen LogP contribution in [-0.2, 0) is 6.54 Å². The Morgan fingerprint density at radius 2 is 2.09 bits per heavy atom. The second-order valence-corrected chi connectivity index (χ2v) is 6.06. The molecule has 1 atom stereocenters. The van der Waals surface area contributed by atoms with Crippen LogP contribution < -0.4 is 5.32 Å². The van der Waals surface area contributed by atoms with Gasteiger partial charge in [0.15, 0.2) is 0 Å². The summed E-state index contributed by atoms with van der Waals surface area (Å²) in [5.41, 5.74) is 1.40. The fourth-order valence-corrected chi connectivity index (χ4v) is 3.18. The number of urea groups is 1. The highest BCUT2D eigenvalue weighted by Crippen LogP contribution is 2.27. The number of aromatic nitrogens is 2. The predicted molar refractivity (Wildman–Crippen MR) is 90.2 cm³/mol. The Bertz CT molecular complexity index is 597. The molecule has 1 aliphatic rings. The van der Waals surface area contributed by atoms with Gasteiger partial charge in [-0.15, -0.1) is 0 Å². The highest BCUT2D eigenvalue weighted by molar-refractivity contribution is 5.74. The monoisotopic (exact) mass is 312 g/mol.